The van der Waals surface area contributed by atoms with Crippen LogP contribution in [0.1, 0.15) is 81.5 Å². The average Bonchev–Trinajstić information content (AvgIpc) is 2.82. The smallest absolute Gasteiger partial charge is 0.180 e. The Hall–Kier alpha value is -3.05. The molecule has 0 radical (unpaired) electrons. The van der Waals surface area contributed by atoms with Crippen molar-refractivity contribution in [2.75, 3.05) is 7.11 Å². The maximum absolute atomic E-state index is 13.6. The predicted molar refractivity (Wildman–Crippen MR) is 154 cm³/mol. The molecule has 1 N–H and O–H groups in total. The van der Waals surface area contributed by atoms with Gasteiger partial charge in [0.05, 0.1) is 12.1 Å². The molecule has 0 unspecified atom stereocenters. The number of dihydropyridines is 1. The van der Waals surface area contributed by atoms with Crippen molar-refractivity contribution in [3.63, 3.8) is 0 Å². The first-order valence-electron chi connectivity index (χ1n) is 13.6. The standard InChI is InChI=1S/C33H38ClNO4/c1-18-8-9-20(10-19(18)2)17-39-31-22(34)11-21(12-27(31)38-7)28-29-23(13-32(3,4)15-25(29)36)35-24-14-33(5,6)16-26(37)30(24)28/h8-12,28,35H,13-17H2,1-7H3. The summed E-state index contributed by atoms with van der Waals surface area (Å²) in [6, 6.07) is 9.94. The van der Waals surface area contributed by atoms with Gasteiger partial charge in [-0.1, -0.05) is 57.5 Å². The summed E-state index contributed by atoms with van der Waals surface area (Å²) < 4.78 is 11.9. The van der Waals surface area contributed by atoms with Crippen LogP contribution in [0, 0.1) is 24.7 Å². The first-order chi connectivity index (χ1) is 18.3. The second-order valence-corrected chi connectivity index (χ2v) is 13.4. The highest BCUT2D eigenvalue weighted by Gasteiger charge is 2.46. The van der Waals surface area contributed by atoms with Gasteiger partial charge in [-0.25, -0.2) is 0 Å². The van der Waals surface area contributed by atoms with Crippen LogP contribution in [0.4, 0.5) is 0 Å². The molecule has 5 rings (SSSR count). The third kappa shape index (κ3) is 5.26. The molecule has 39 heavy (non-hydrogen) atoms. The lowest BCUT2D eigenvalue weighted by molar-refractivity contribution is -0.119. The number of methoxy groups -OCH3 is 1. The van der Waals surface area contributed by atoms with Gasteiger partial charge in [0.2, 0.25) is 0 Å². The molecule has 3 aliphatic rings. The molecule has 2 aliphatic carbocycles. The van der Waals surface area contributed by atoms with Crippen molar-refractivity contribution in [3.8, 4) is 11.5 Å². The van der Waals surface area contributed by atoms with E-state index in [9.17, 15) is 9.59 Å². The number of allylic oxidation sites excluding steroid dienone is 4. The number of hydrogen-bond donors (Lipinski definition) is 1. The van der Waals surface area contributed by atoms with E-state index >= 15 is 0 Å². The summed E-state index contributed by atoms with van der Waals surface area (Å²) in [4.78, 5) is 27.3. The van der Waals surface area contributed by atoms with Crippen LogP contribution in [0.2, 0.25) is 5.02 Å². The van der Waals surface area contributed by atoms with E-state index in [0.29, 0.717) is 47.1 Å². The fraction of sp³-hybridized carbons (Fsp3) is 0.455. The fourth-order valence-electron chi connectivity index (χ4n) is 6.32. The number of rotatable bonds is 5. The molecule has 1 heterocycles. The third-order valence-electron chi connectivity index (χ3n) is 8.26. The van der Waals surface area contributed by atoms with E-state index in [1.165, 1.54) is 11.1 Å². The summed E-state index contributed by atoms with van der Waals surface area (Å²) in [6.07, 6.45) is 2.37. The zero-order valence-electron chi connectivity index (χ0n) is 24.0. The average molecular weight is 548 g/mol. The number of ether oxygens (including phenoxy) is 2. The van der Waals surface area contributed by atoms with E-state index in [-0.39, 0.29) is 22.4 Å². The summed E-state index contributed by atoms with van der Waals surface area (Å²) >= 11 is 6.85. The van der Waals surface area contributed by atoms with E-state index < -0.39 is 5.92 Å². The minimum Gasteiger partial charge on any atom is -0.493 e. The Kier molecular flexibility index (Phi) is 6.95. The number of ketones is 2. The van der Waals surface area contributed by atoms with E-state index in [4.69, 9.17) is 21.1 Å². The second-order valence-electron chi connectivity index (χ2n) is 13.0. The lowest BCUT2D eigenvalue weighted by Gasteiger charge is -2.44. The van der Waals surface area contributed by atoms with Gasteiger partial charge in [0.1, 0.15) is 6.61 Å². The number of hydrogen-bond acceptors (Lipinski definition) is 5. The minimum atomic E-state index is -0.483. The topological polar surface area (TPSA) is 64.6 Å². The van der Waals surface area contributed by atoms with Crippen molar-refractivity contribution < 1.29 is 19.1 Å². The number of aryl methyl sites for hydroxylation is 2. The Balaban J connectivity index is 1.58. The number of Topliss-reactive ketones (excluding diaryl/α,β-unsaturated/α-hetero) is 2. The van der Waals surface area contributed by atoms with Crippen LogP contribution < -0.4 is 14.8 Å². The Bertz CT molecular complexity index is 1390. The van der Waals surface area contributed by atoms with Gasteiger partial charge in [-0.2, -0.15) is 0 Å². The molecule has 0 spiro atoms. The Morgan fingerprint density at radius 3 is 2.00 bits per heavy atom. The van der Waals surface area contributed by atoms with Gasteiger partial charge in [0.25, 0.3) is 0 Å². The maximum atomic E-state index is 13.6. The van der Waals surface area contributed by atoms with E-state index in [1.807, 2.05) is 18.2 Å². The number of carbonyl (C=O) groups excluding carboxylic acids is 2. The van der Waals surface area contributed by atoms with Gasteiger partial charge in [0, 0.05) is 41.3 Å². The number of benzene rings is 2. The van der Waals surface area contributed by atoms with Crippen LogP contribution in [-0.4, -0.2) is 18.7 Å². The van der Waals surface area contributed by atoms with E-state index in [0.717, 1.165) is 35.4 Å². The molecule has 0 bridgehead atoms. The maximum Gasteiger partial charge on any atom is 0.180 e. The number of halogens is 1. The highest BCUT2D eigenvalue weighted by molar-refractivity contribution is 6.32. The quantitative estimate of drug-likeness (QED) is 0.419. The highest BCUT2D eigenvalue weighted by Crippen LogP contribution is 2.52. The molecule has 0 atom stereocenters. The van der Waals surface area contributed by atoms with Crippen molar-refractivity contribution in [1.82, 2.24) is 5.32 Å². The Labute approximate surface area is 236 Å². The minimum absolute atomic E-state index is 0.0769. The van der Waals surface area contributed by atoms with Gasteiger partial charge in [-0.05, 0) is 71.9 Å². The molecule has 2 aromatic rings. The normalized spacial score (nSPS) is 20.4. The van der Waals surface area contributed by atoms with Crippen LogP contribution in [0.3, 0.4) is 0 Å². The van der Waals surface area contributed by atoms with Crippen molar-refractivity contribution in [1.29, 1.82) is 0 Å². The molecule has 206 valence electrons. The summed E-state index contributed by atoms with van der Waals surface area (Å²) in [5, 5.41) is 3.95. The molecule has 1 aliphatic heterocycles. The van der Waals surface area contributed by atoms with Crippen LogP contribution in [0.5, 0.6) is 11.5 Å². The van der Waals surface area contributed by atoms with Gasteiger partial charge < -0.3 is 14.8 Å². The lowest BCUT2D eigenvalue weighted by Crippen LogP contribution is -2.42. The molecule has 0 fully saturated rings. The molecule has 6 heteroatoms. The lowest BCUT2D eigenvalue weighted by atomic mass is 9.64. The van der Waals surface area contributed by atoms with Gasteiger partial charge in [0.15, 0.2) is 23.1 Å². The van der Waals surface area contributed by atoms with Gasteiger partial charge in [-0.3, -0.25) is 9.59 Å². The van der Waals surface area contributed by atoms with Gasteiger partial charge in [-0.15, -0.1) is 0 Å². The molecule has 0 aromatic heterocycles. The zero-order valence-corrected chi connectivity index (χ0v) is 24.8. The first-order valence-corrected chi connectivity index (χ1v) is 14.0. The highest BCUT2D eigenvalue weighted by atomic mass is 35.5. The van der Waals surface area contributed by atoms with Crippen LogP contribution in [0.25, 0.3) is 0 Å². The number of carbonyl (C=O) groups is 2. The Morgan fingerprint density at radius 1 is 0.872 bits per heavy atom. The second kappa shape index (κ2) is 9.85. The molecule has 0 saturated carbocycles. The van der Waals surface area contributed by atoms with E-state index in [2.05, 4.69) is 59.0 Å². The monoisotopic (exact) mass is 547 g/mol. The Morgan fingerprint density at radius 2 is 1.46 bits per heavy atom. The summed E-state index contributed by atoms with van der Waals surface area (Å²) in [6.45, 7) is 13.0. The van der Waals surface area contributed by atoms with Crippen molar-refractivity contribution in [2.45, 2.75) is 79.8 Å². The van der Waals surface area contributed by atoms with Crippen LogP contribution in [-0.2, 0) is 16.2 Å². The summed E-state index contributed by atoms with van der Waals surface area (Å²) in [5.41, 5.74) is 7.15. The molecular formula is C33H38ClNO4. The molecule has 0 amide bonds. The molecule has 2 aromatic carbocycles. The molecular weight excluding hydrogens is 510 g/mol. The van der Waals surface area contributed by atoms with Crippen molar-refractivity contribution in [3.05, 3.63) is 80.1 Å². The fourth-order valence-corrected chi connectivity index (χ4v) is 6.59. The summed E-state index contributed by atoms with van der Waals surface area (Å²) in [5.74, 6) is 0.604. The van der Waals surface area contributed by atoms with E-state index in [1.54, 1.807) is 7.11 Å². The molecule has 0 saturated heterocycles. The van der Waals surface area contributed by atoms with Crippen molar-refractivity contribution in [2.24, 2.45) is 10.8 Å². The predicted octanol–water partition coefficient (Wildman–Crippen LogP) is 7.52. The first kappa shape index (κ1) is 27.5. The van der Waals surface area contributed by atoms with Crippen LogP contribution >= 0.6 is 11.6 Å². The zero-order chi connectivity index (χ0) is 28.3. The molecule has 5 nitrogen and oxygen atoms in total. The van der Waals surface area contributed by atoms with Crippen LogP contribution in [0.15, 0.2) is 52.9 Å². The van der Waals surface area contributed by atoms with Gasteiger partial charge >= 0.3 is 0 Å². The SMILES string of the molecule is COc1cc(C2C3=C(CC(C)(C)CC3=O)NC3=C2C(=O)CC(C)(C)C3)cc(Cl)c1OCc1ccc(C)c(C)c1. The largest absolute Gasteiger partial charge is 0.493 e. The number of nitrogens with one attached hydrogen (secondary N) is 1. The van der Waals surface area contributed by atoms with Crippen molar-refractivity contribution >= 4 is 23.2 Å². The summed E-state index contributed by atoms with van der Waals surface area (Å²) in [7, 11) is 1.58. The third-order valence-corrected chi connectivity index (χ3v) is 8.54.